The number of nitrogens with zero attached hydrogens (tertiary/aromatic N) is 1. The first-order valence-corrected chi connectivity index (χ1v) is 4.93. The number of hydrogen-bond acceptors (Lipinski definition) is 4. The molecule has 0 aliphatic heterocycles. The van der Waals surface area contributed by atoms with E-state index in [9.17, 15) is 31.1 Å². The van der Waals surface area contributed by atoms with Gasteiger partial charge in [0.05, 0.1) is 25.3 Å². The molecule has 4 nitrogen and oxygen atoms in total. The summed E-state index contributed by atoms with van der Waals surface area (Å²) in [4.78, 5) is 13.8. The molecule has 0 saturated heterocycles. The van der Waals surface area contributed by atoms with E-state index in [1.807, 2.05) is 0 Å². The fraction of sp³-hybridized carbons (Fsp3) is 0.400. The van der Waals surface area contributed by atoms with Crippen LogP contribution < -0.4 is 4.74 Å². The zero-order chi connectivity index (χ0) is 15.5. The van der Waals surface area contributed by atoms with Gasteiger partial charge < -0.3 is 9.47 Å². The van der Waals surface area contributed by atoms with Crippen molar-refractivity contribution in [1.82, 2.24) is 4.98 Å². The molecule has 20 heavy (non-hydrogen) atoms. The van der Waals surface area contributed by atoms with Crippen LogP contribution in [-0.2, 0) is 16.0 Å². The van der Waals surface area contributed by atoms with E-state index in [0.717, 1.165) is 7.11 Å². The van der Waals surface area contributed by atoms with Gasteiger partial charge in [0, 0.05) is 5.56 Å². The van der Waals surface area contributed by atoms with E-state index < -0.39 is 48.0 Å². The zero-order valence-electron chi connectivity index (χ0n) is 9.80. The summed E-state index contributed by atoms with van der Waals surface area (Å²) in [6, 6.07) is 0. The van der Waals surface area contributed by atoms with Crippen LogP contribution in [0.1, 0.15) is 17.6 Å². The quantitative estimate of drug-likeness (QED) is 0.487. The highest BCUT2D eigenvalue weighted by Crippen LogP contribution is 2.36. The lowest BCUT2D eigenvalue weighted by molar-refractivity contribution is -0.275. The van der Waals surface area contributed by atoms with Crippen molar-refractivity contribution in [3.63, 3.8) is 0 Å². The number of alkyl halides is 5. The highest BCUT2D eigenvalue weighted by Gasteiger charge is 2.35. The molecule has 0 amide bonds. The van der Waals surface area contributed by atoms with Crippen molar-refractivity contribution in [2.75, 3.05) is 7.11 Å². The van der Waals surface area contributed by atoms with Gasteiger partial charge in [-0.1, -0.05) is 0 Å². The first kappa shape index (κ1) is 16.1. The summed E-state index contributed by atoms with van der Waals surface area (Å²) >= 11 is 0. The second-order valence-electron chi connectivity index (χ2n) is 3.41. The molecule has 1 aromatic rings. The van der Waals surface area contributed by atoms with Crippen molar-refractivity contribution in [2.45, 2.75) is 19.2 Å². The van der Waals surface area contributed by atoms with Crippen molar-refractivity contribution in [3.8, 4) is 5.75 Å². The van der Waals surface area contributed by atoms with Gasteiger partial charge in [-0.3, -0.25) is 4.79 Å². The van der Waals surface area contributed by atoms with Crippen LogP contribution in [0, 0.1) is 5.95 Å². The third-order valence-corrected chi connectivity index (χ3v) is 2.13. The Hall–Kier alpha value is -2.00. The van der Waals surface area contributed by atoms with Gasteiger partial charge in [-0.25, -0.2) is 13.8 Å². The number of ether oxygens (including phenoxy) is 2. The maximum Gasteiger partial charge on any atom is 0.573 e. The number of rotatable bonds is 4. The Labute approximate surface area is 108 Å². The highest BCUT2D eigenvalue weighted by atomic mass is 19.4. The van der Waals surface area contributed by atoms with Crippen molar-refractivity contribution >= 4 is 5.97 Å². The third-order valence-electron chi connectivity index (χ3n) is 2.13. The average molecular weight is 303 g/mol. The van der Waals surface area contributed by atoms with Gasteiger partial charge in [0.2, 0.25) is 5.95 Å². The minimum Gasteiger partial charge on any atom is -0.469 e. The molecule has 0 aliphatic carbocycles. The molecule has 0 fully saturated rings. The van der Waals surface area contributed by atoms with Crippen LogP contribution >= 0.6 is 0 Å². The maximum atomic E-state index is 13.3. The first-order chi connectivity index (χ1) is 9.15. The van der Waals surface area contributed by atoms with Crippen molar-refractivity contribution in [3.05, 3.63) is 23.3 Å². The van der Waals surface area contributed by atoms with Gasteiger partial charge in [-0.15, -0.1) is 13.2 Å². The number of hydrogen-bond donors (Lipinski definition) is 0. The average Bonchev–Trinajstić information content (AvgIpc) is 2.30. The van der Waals surface area contributed by atoms with Crippen LogP contribution in [0.2, 0.25) is 0 Å². The van der Waals surface area contributed by atoms with E-state index in [1.165, 1.54) is 0 Å². The highest BCUT2D eigenvalue weighted by molar-refractivity contribution is 5.73. The van der Waals surface area contributed by atoms with E-state index in [0.29, 0.717) is 0 Å². The van der Waals surface area contributed by atoms with E-state index in [4.69, 9.17) is 0 Å². The monoisotopic (exact) mass is 303 g/mol. The van der Waals surface area contributed by atoms with E-state index in [1.54, 1.807) is 0 Å². The van der Waals surface area contributed by atoms with Crippen LogP contribution in [0.15, 0.2) is 6.20 Å². The van der Waals surface area contributed by atoms with E-state index in [2.05, 4.69) is 14.5 Å². The van der Waals surface area contributed by atoms with Crippen LogP contribution in [0.5, 0.6) is 5.75 Å². The summed E-state index contributed by atoms with van der Waals surface area (Å²) in [6.45, 7) is 0. The minimum atomic E-state index is -5.26. The molecular formula is C10H7F6NO3. The summed E-state index contributed by atoms with van der Waals surface area (Å²) < 4.78 is 82.6. The molecule has 0 aliphatic rings. The Morgan fingerprint density at radius 1 is 1.40 bits per heavy atom. The lowest BCUT2D eigenvalue weighted by Gasteiger charge is -2.15. The first-order valence-electron chi connectivity index (χ1n) is 4.93. The van der Waals surface area contributed by atoms with Crippen molar-refractivity contribution in [1.29, 1.82) is 0 Å². The van der Waals surface area contributed by atoms with Crippen molar-refractivity contribution in [2.24, 2.45) is 0 Å². The molecule has 0 atom stereocenters. The molecule has 1 aromatic heterocycles. The molecule has 0 aromatic carbocycles. The number of esters is 1. The summed E-state index contributed by atoms with van der Waals surface area (Å²) in [7, 11) is 0.909. The molecule has 1 rings (SSSR count). The van der Waals surface area contributed by atoms with Gasteiger partial charge in [0.15, 0.2) is 5.75 Å². The van der Waals surface area contributed by atoms with Gasteiger partial charge in [-0.05, 0) is 0 Å². The molecule has 0 spiro atoms. The fourth-order valence-electron chi connectivity index (χ4n) is 1.35. The number of carbonyl (C=O) groups excluding carboxylic acids is 1. The van der Waals surface area contributed by atoms with E-state index >= 15 is 0 Å². The van der Waals surface area contributed by atoms with Gasteiger partial charge in [0.25, 0.3) is 6.43 Å². The zero-order valence-corrected chi connectivity index (χ0v) is 9.80. The van der Waals surface area contributed by atoms with Crippen molar-refractivity contribution < 1.29 is 40.6 Å². The van der Waals surface area contributed by atoms with Crippen LogP contribution in [0.25, 0.3) is 0 Å². The Bertz CT molecular complexity index is 503. The van der Waals surface area contributed by atoms with Gasteiger partial charge in [0.1, 0.15) is 0 Å². The summed E-state index contributed by atoms with van der Waals surface area (Å²) in [6.07, 6.45) is -9.58. The second kappa shape index (κ2) is 5.97. The van der Waals surface area contributed by atoms with E-state index in [-0.39, 0.29) is 6.20 Å². The number of carbonyl (C=O) groups is 1. The lowest BCUT2D eigenvalue weighted by atomic mass is 10.1. The Balaban J connectivity index is 3.33. The predicted molar refractivity (Wildman–Crippen MR) is 51.6 cm³/mol. The minimum absolute atomic E-state index is 0.172. The lowest BCUT2D eigenvalue weighted by Crippen LogP contribution is -2.20. The molecule has 1 heterocycles. The normalized spacial score (nSPS) is 11.6. The molecule has 0 N–H and O–H groups in total. The molecular weight excluding hydrogens is 296 g/mol. The summed E-state index contributed by atoms with van der Waals surface area (Å²) in [5.74, 6) is -3.98. The molecule has 0 radical (unpaired) electrons. The molecule has 10 heteroatoms. The summed E-state index contributed by atoms with van der Waals surface area (Å²) in [5.41, 5.74) is -2.39. The molecule has 0 unspecified atom stereocenters. The standard InChI is InChI=1S/C10H7F6NO3/c1-19-6(18)2-4-7(8(11)12)5(3-17-9(4)13)20-10(14,15)16/h3,8H,2H2,1H3. The number of pyridine rings is 1. The van der Waals surface area contributed by atoms with Crippen LogP contribution in [0.4, 0.5) is 26.3 Å². The van der Waals surface area contributed by atoms with Gasteiger partial charge in [-0.2, -0.15) is 4.39 Å². The molecule has 112 valence electrons. The largest absolute Gasteiger partial charge is 0.573 e. The van der Waals surface area contributed by atoms with Crippen LogP contribution in [0.3, 0.4) is 0 Å². The number of methoxy groups -OCH3 is 1. The smallest absolute Gasteiger partial charge is 0.469 e. The Morgan fingerprint density at radius 2 is 2.00 bits per heavy atom. The third kappa shape index (κ3) is 4.00. The topological polar surface area (TPSA) is 48.4 Å². The van der Waals surface area contributed by atoms with Gasteiger partial charge >= 0.3 is 12.3 Å². The molecule has 0 saturated carbocycles. The predicted octanol–water partition coefficient (Wildman–Crippen LogP) is 2.77. The van der Waals surface area contributed by atoms with Crippen LogP contribution in [-0.4, -0.2) is 24.4 Å². The Morgan fingerprint density at radius 3 is 2.45 bits per heavy atom. The molecule has 0 bridgehead atoms. The maximum absolute atomic E-state index is 13.3. The fourth-order valence-corrected chi connectivity index (χ4v) is 1.35. The Kier molecular flexibility index (Phi) is 4.79. The second-order valence-corrected chi connectivity index (χ2v) is 3.41. The summed E-state index contributed by atoms with van der Waals surface area (Å²) in [5, 5.41) is 0. The number of aromatic nitrogens is 1. The number of halogens is 6. The SMILES string of the molecule is COC(=O)Cc1c(F)ncc(OC(F)(F)F)c1C(F)F.